The van der Waals surface area contributed by atoms with Crippen LogP contribution in [0.5, 0.6) is 0 Å². The second-order valence-corrected chi connectivity index (χ2v) is 4.25. The first kappa shape index (κ1) is 12.2. The zero-order valence-electron chi connectivity index (χ0n) is 10.3. The van der Waals surface area contributed by atoms with Gasteiger partial charge in [0.25, 0.3) is 5.91 Å². The van der Waals surface area contributed by atoms with Crippen molar-refractivity contribution in [1.82, 2.24) is 0 Å². The van der Waals surface area contributed by atoms with E-state index in [9.17, 15) is 4.79 Å². The molecule has 0 saturated heterocycles. The first-order valence-electron chi connectivity index (χ1n) is 5.85. The van der Waals surface area contributed by atoms with Crippen molar-refractivity contribution in [3.8, 4) is 0 Å². The van der Waals surface area contributed by atoms with Gasteiger partial charge in [-0.25, -0.2) is 0 Å². The lowest BCUT2D eigenvalue weighted by atomic mass is 9.94. The fourth-order valence-corrected chi connectivity index (χ4v) is 1.81. The average molecular weight is 238 g/mol. The average Bonchev–Trinajstić information content (AvgIpc) is 2.37. The van der Waals surface area contributed by atoms with Crippen LogP contribution in [0.4, 0.5) is 5.69 Å². The summed E-state index contributed by atoms with van der Waals surface area (Å²) in [5, 5.41) is 3.25. The van der Waals surface area contributed by atoms with Crippen molar-refractivity contribution in [2.75, 3.05) is 5.32 Å². The van der Waals surface area contributed by atoms with Gasteiger partial charge in [-0.3, -0.25) is 4.79 Å². The Bertz CT molecular complexity index is 555. The highest BCUT2D eigenvalue weighted by Crippen LogP contribution is 2.14. The van der Waals surface area contributed by atoms with E-state index < -0.39 is 5.91 Å². The molecule has 4 heteroatoms. The van der Waals surface area contributed by atoms with Crippen molar-refractivity contribution in [3.05, 3.63) is 59.7 Å². The molecule has 1 amide bonds. The van der Waals surface area contributed by atoms with Gasteiger partial charge in [-0.2, -0.15) is 0 Å². The van der Waals surface area contributed by atoms with Crippen LogP contribution < -0.4 is 16.5 Å². The zero-order valence-corrected chi connectivity index (χ0v) is 10.3. The molecule has 0 aliphatic heterocycles. The molecule has 0 fully saturated rings. The molecule has 0 atom stereocenters. The molecule has 0 aliphatic carbocycles. The molecule has 18 heavy (non-hydrogen) atoms. The van der Waals surface area contributed by atoms with Crippen molar-refractivity contribution in [1.29, 1.82) is 0 Å². The Morgan fingerprint density at radius 2 is 1.89 bits per heavy atom. The molecule has 0 heterocycles. The van der Waals surface area contributed by atoms with Crippen LogP contribution in [-0.2, 0) is 6.54 Å². The number of carbonyl (C=O) groups excluding carboxylic acids is 1. The molecule has 0 bridgehead atoms. The van der Waals surface area contributed by atoms with Gasteiger partial charge in [0.1, 0.15) is 7.85 Å². The van der Waals surface area contributed by atoms with Gasteiger partial charge in [-0.15, -0.1) is 0 Å². The van der Waals surface area contributed by atoms with Crippen LogP contribution in [0, 0.1) is 0 Å². The lowest BCUT2D eigenvalue weighted by molar-refractivity contribution is 0.100. The summed E-state index contributed by atoms with van der Waals surface area (Å²) < 4.78 is 0. The van der Waals surface area contributed by atoms with Crippen LogP contribution in [0.25, 0.3) is 0 Å². The number of primary amides is 1. The number of hydrogen-bond acceptors (Lipinski definition) is 2. The Labute approximate surface area is 107 Å². The Morgan fingerprint density at radius 1 is 1.17 bits per heavy atom. The maximum atomic E-state index is 11.3. The predicted octanol–water partition coefficient (Wildman–Crippen LogP) is 0.656. The zero-order chi connectivity index (χ0) is 13.0. The molecular formula is C14H15BN2O. The van der Waals surface area contributed by atoms with Crippen LogP contribution in [0.2, 0.25) is 0 Å². The van der Waals surface area contributed by atoms with Gasteiger partial charge in [-0.1, -0.05) is 41.9 Å². The lowest BCUT2D eigenvalue weighted by Gasteiger charge is -2.11. The summed E-state index contributed by atoms with van der Waals surface area (Å²) in [4.78, 5) is 11.3. The fourth-order valence-electron chi connectivity index (χ4n) is 1.81. The highest BCUT2D eigenvalue weighted by Gasteiger charge is 2.07. The number of benzene rings is 2. The number of nitrogens with two attached hydrogens (primary N) is 1. The third-order valence-electron chi connectivity index (χ3n) is 2.77. The quantitative estimate of drug-likeness (QED) is 0.768. The van der Waals surface area contributed by atoms with E-state index in [-0.39, 0.29) is 0 Å². The van der Waals surface area contributed by atoms with Gasteiger partial charge in [0.15, 0.2) is 0 Å². The van der Waals surface area contributed by atoms with Crippen LogP contribution in [0.1, 0.15) is 15.9 Å². The Hall–Kier alpha value is -2.23. The first-order valence-corrected chi connectivity index (χ1v) is 5.85. The van der Waals surface area contributed by atoms with E-state index in [4.69, 9.17) is 5.73 Å². The third kappa shape index (κ3) is 2.91. The summed E-state index contributed by atoms with van der Waals surface area (Å²) in [6, 6.07) is 15.6. The minimum atomic E-state index is -0.412. The molecule has 0 radical (unpaired) electrons. The molecule has 0 aliphatic rings. The molecule has 3 nitrogen and oxygen atoms in total. The predicted molar refractivity (Wildman–Crippen MR) is 76.9 cm³/mol. The summed E-state index contributed by atoms with van der Waals surface area (Å²) in [6.07, 6.45) is 0. The smallest absolute Gasteiger partial charge is 0.250 e. The topological polar surface area (TPSA) is 55.1 Å². The minimum absolute atomic E-state index is 0.412. The second kappa shape index (κ2) is 5.40. The summed E-state index contributed by atoms with van der Waals surface area (Å²) in [7, 11) is 1.98. The van der Waals surface area contributed by atoms with Crippen molar-refractivity contribution < 1.29 is 4.79 Å². The van der Waals surface area contributed by atoms with Crippen LogP contribution >= 0.6 is 0 Å². The standard InChI is InChI=1S/C14H15BN2O/c15-11-6-7-12(14(16)18)13(8-11)17-9-10-4-2-1-3-5-10/h1-8,17H,9,15H2,(H2,16,18). The molecule has 2 aromatic rings. The normalized spacial score (nSPS) is 10.0. The van der Waals surface area contributed by atoms with Crippen LogP contribution in [-0.4, -0.2) is 13.8 Å². The van der Waals surface area contributed by atoms with E-state index in [0.29, 0.717) is 12.1 Å². The van der Waals surface area contributed by atoms with E-state index in [1.54, 1.807) is 6.07 Å². The maximum absolute atomic E-state index is 11.3. The second-order valence-electron chi connectivity index (χ2n) is 4.25. The minimum Gasteiger partial charge on any atom is -0.380 e. The Morgan fingerprint density at radius 3 is 2.56 bits per heavy atom. The van der Waals surface area contributed by atoms with Gasteiger partial charge in [0, 0.05) is 12.2 Å². The number of amides is 1. The van der Waals surface area contributed by atoms with Crippen molar-refractivity contribution in [3.63, 3.8) is 0 Å². The van der Waals surface area contributed by atoms with E-state index in [0.717, 1.165) is 16.7 Å². The van der Waals surface area contributed by atoms with E-state index in [1.807, 2.05) is 50.3 Å². The van der Waals surface area contributed by atoms with Crippen molar-refractivity contribution >= 4 is 24.9 Å². The third-order valence-corrected chi connectivity index (χ3v) is 2.77. The van der Waals surface area contributed by atoms with Gasteiger partial charge in [0.05, 0.1) is 5.56 Å². The molecule has 0 aromatic heterocycles. The van der Waals surface area contributed by atoms with E-state index in [1.165, 1.54) is 0 Å². The van der Waals surface area contributed by atoms with Crippen LogP contribution in [0.15, 0.2) is 48.5 Å². The van der Waals surface area contributed by atoms with Gasteiger partial charge in [0.2, 0.25) is 0 Å². The number of anilines is 1. The summed E-state index contributed by atoms with van der Waals surface area (Å²) >= 11 is 0. The molecule has 2 rings (SSSR count). The summed E-state index contributed by atoms with van der Waals surface area (Å²) in [6.45, 7) is 0.671. The molecule has 0 saturated carbocycles. The van der Waals surface area contributed by atoms with Crippen LogP contribution in [0.3, 0.4) is 0 Å². The highest BCUT2D eigenvalue weighted by atomic mass is 16.1. The SMILES string of the molecule is Bc1ccc(C(N)=O)c(NCc2ccccc2)c1. The van der Waals surface area contributed by atoms with Gasteiger partial charge >= 0.3 is 0 Å². The fraction of sp³-hybridized carbons (Fsp3) is 0.0714. The highest BCUT2D eigenvalue weighted by molar-refractivity contribution is 6.32. The molecule has 90 valence electrons. The Kier molecular flexibility index (Phi) is 3.67. The monoisotopic (exact) mass is 238 g/mol. The molecule has 0 unspecified atom stereocenters. The summed E-state index contributed by atoms with van der Waals surface area (Å²) in [5.41, 5.74) is 8.92. The van der Waals surface area contributed by atoms with Gasteiger partial charge < -0.3 is 11.1 Å². The first-order chi connectivity index (χ1) is 8.66. The number of hydrogen-bond donors (Lipinski definition) is 2. The van der Waals surface area contributed by atoms with Crippen molar-refractivity contribution in [2.45, 2.75) is 6.54 Å². The maximum Gasteiger partial charge on any atom is 0.250 e. The Balaban J connectivity index is 2.18. The molecule has 3 N–H and O–H groups in total. The number of carbonyl (C=O) groups is 1. The lowest BCUT2D eigenvalue weighted by Crippen LogP contribution is -2.17. The molecule has 0 spiro atoms. The van der Waals surface area contributed by atoms with Gasteiger partial charge in [-0.05, 0) is 17.7 Å². The van der Waals surface area contributed by atoms with Crippen molar-refractivity contribution in [2.24, 2.45) is 5.73 Å². The van der Waals surface area contributed by atoms with E-state index >= 15 is 0 Å². The number of rotatable bonds is 4. The molecular weight excluding hydrogens is 223 g/mol. The summed E-state index contributed by atoms with van der Waals surface area (Å²) in [5.74, 6) is -0.412. The largest absolute Gasteiger partial charge is 0.380 e. The van der Waals surface area contributed by atoms with E-state index in [2.05, 4.69) is 5.32 Å². The number of nitrogens with one attached hydrogen (secondary N) is 1. The molecule has 2 aromatic carbocycles.